The molecule has 3 heterocycles. The van der Waals surface area contributed by atoms with E-state index in [9.17, 15) is 0 Å². The number of pyridine rings is 1. The summed E-state index contributed by atoms with van der Waals surface area (Å²) in [6.45, 7) is 4.83. The normalized spacial score (nSPS) is 20.8. The molecule has 0 amide bonds. The first-order valence-electron chi connectivity index (χ1n) is 11.0. The van der Waals surface area contributed by atoms with E-state index in [2.05, 4.69) is 25.2 Å². The minimum atomic E-state index is 0.369. The van der Waals surface area contributed by atoms with Crippen molar-refractivity contribution < 1.29 is 14.0 Å². The molecule has 11 heteroatoms. The number of nitrogens with one attached hydrogen (secondary N) is 2. The molecule has 1 saturated carbocycles. The Morgan fingerprint density at radius 1 is 1.38 bits per heavy atom. The molecule has 11 nitrogen and oxygen atoms in total. The van der Waals surface area contributed by atoms with Crippen LogP contribution < -0.4 is 14.6 Å². The summed E-state index contributed by atoms with van der Waals surface area (Å²) in [6, 6.07) is 2.42. The summed E-state index contributed by atoms with van der Waals surface area (Å²) in [5, 5.41) is 15.6. The maximum absolute atomic E-state index is 7.27. The predicted molar refractivity (Wildman–Crippen MR) is 117 cm³/mol. The van der Waals surface area contributed by atoms with Gasteiger partial charge in [-0.2, -0.15) is 10.5 Å². The van der Waals surface area contributed by atoms with E-state index in [1.165, 1.54) is 6.42 Å². The van der Waals surface area contributed by atoms with Crippen molar-refractivity contribution >= 4 is 18.0 Å². The molecule has 2 N–H and O–H groups in total. The fraction of sp³-hybridized carbons (Fsp3) is 0.619. The maximum Gasteiger partial charge on any atom is 0.324 e. The number of aryl methyl sites for hydroxylation is 1. The summed E-state index contributed by atoms with van der Waals surface area (Å²) in [4.78, 5) is 10.9. The number of nitrogens with zero attached hydrogens (tertiary/aromatic N) is 6. The monoisotopic (exact) mass is 442 g/mol. The van der Waals surface area contributed by atoms with Crippen molar-refractivity contribution in [2.75, 3.05) is 36.7 Å². The zero-order valence-corrected chi connectivity index (χ0v) is 18.5. The zero-order valence-electron chi connectivity index (χ0n) is 18.5. The maximum atomic E-state index is 7.27. The molecule has 2 fully saturated rings. The summed E-state index contributed by atoms with van der Waals surface area (Å²) >= 11 is 0. The van der Waals surface area contributed by atoms with Gasteiger partial charge in [-0.05, 0) is 56.4 Å². The molecule has 32 heavy (non-hydrogen) atoms. The topological polar surface area (TPSA) is 137 Å². The van der Waals surface area contributed by atoms with Crippen LogP contribution in [0.1, 0.15) is 37.1 Å². The highest BCUT2D eigenvalue weighted by Gasteiger charge is 2.43. The van der Waals surface area contributed by atoms with Gasteiger partial charge in [-0.15, -0.1) is 0 Å². The molecule has 1 aliphatic carbocycles. The second-order valence-electron chi connectivity index (χ2n) is 8.44. The number of anilines is 2. The van der Waals surface area contributed by atoms with Crippen molar-refractivity contribution in [3.8, 4) is 5.88 Å². The van der Waals surface area contributed by atoms with Crippen molar-refractivity contribution in [3.63, 3.8) is 0 Å². The average molecular weight is 443 g/mol. The minimum Gasteiger partial charge on any atom is -0.477 e. The highest BCUT2D eigenvalue weighted by molar-refractivity contribution is 5.75. The molecule has 0 bridgehead atoms. The van der Waals surface area contributed by atoms with Crippen LogP contribution in [0, 0.1) is 35.6 Å². The van der Waals surface area contributed by atoms with Crippen molar-refractivity contribution in [2.45, 2.75) is 39.2 Å². The number of rotatable bonds is 11. The lowest BCUT2D eigenvalue weighted by Crippen LogP contribution is -2.34. The lowest BCUT2D eigenvalue weighted by atomic mass is 9.91. The van der Waals surface area contributed by atoms with Gasteiger partial charge in [0.15, 0.2) is 5.82 Å². The van der Waals surface area contributed by atoms with Crippen LogP contribution in [0.2, 0.25) is 0 Å². The number of aromatic nitrogens is 3. The summed E-state index contributed by atoms with van der Waals surface area (Å²) < 4.78 is 16.3. The van der Waals surface area contributed by atoms with Crippen LogP contribution in [0.25, 0.3) is 0 Å². The van der Waals surface area contributed by atoms with Gasteiger partial charge in [-0.25, -0.2) is 9.99 Å². The van der Waals surface area contributed by atoms with Gasteiger partial charge in [0.1, 0.15) is 12.9 Å². The zero-order chi connectivity index (χ0) is 22.5. The molecule has 0 radical (unpaired) electrons. The Hall–Kier alpha value is -3.08. The lowest BCUT2D eigenvalue weighted by molar-refractivity contribution is 0.174. The number of methoxy groups -OCH3 is 1. The molecule has 4 rings (SSSR count). The van der Waals surface area contributed by atoms with Crippen molar-refractivity contribution in [3.05, 3.63) is 23.7 Å². The standard InChI is InChI=1S/C21H30N8O3/c1-14-9-17(29(13-22)27-23)11-24-20(14)31-8-5-16-10-18(16)15-3-6-28(7-4-15)21-25-19(12-30-2)26-32-21/h9,11,13,15-16,18,22-23H,3-8,10,12H2,1-2H3. The van der Waals surface area contributed by atoms with Gasteiger partial charge in [0.05, 0.1) is 18.5 Å². The Labute approximate surface area is 187 Å². The van der Waals surface area contributed by atoms with Crippen LogP contribution in [0.5, 0.6) is 5.88 Å². The van der Waals surface area contributed by atoms with Crippen LogP contribution in [0.4, 0.5) is 11.7 Å². The first kappa shape index (κ1) is 22.1. The fourth-order valence-corrected chi connectivity index (χ4v) is 4.55. The van der Waals surface area contributed by atoms with Crippen LogP contribution in [-0.2, 0) is 11.3 Å². The van der Waals surface area contributed by atoms with Gasteiger partial charge < -0.3 is 18.9 Å². The van der Waals surface area contributed by atoms with Crippen molar-refractivity contribution in [1.29, 1.82) is 10.9 Å². The van der Waals surface area contributed by atoms with Gasteiger partial charge in [-0.3, -0.25) is 5.41 Å². The van der Waals surface area contributed by atoms with Crippen LogP contribution in [0.15, 0.2) is 22.0 Å². The van der Waals surface area contributed by atoms with E-state index in [-0.39, 0.29) is 0 Å². The molecule has 2 atom stereocenters. The number of hydrogen-bond donors (Lipinski definition) is 2. The second-order valence-corrected chi connectivity index (χ2v) is 8.44. The Morgan fingerprint density at radius 3 is 2.88 bits per heavy atom. The Morgan fingerprint density at radius 2 is 2.19 bits per heavy atom. The highest BCUT2D eigenvalue weighted by atomic mass is 16.5. The molecule has 2 unspecified atom stereocenters. The van der Waals surface area contributed by atoms with Crippen LogP contribution in [0.3, 0.4) is 0 Å². The summed E-state index contributed by atoms with van der Waals surface area (Å²) in [5.74, 6) is 3.44. The predicted octanol–water partition coefficient (Wildman–Crippen LogP) is 3.60. The minimum absolute atomic E-state index is 0.369. The Bertz CT molecular complexity index is 920. The van der Waals surface area contributed by atoms with Crippen molar-refractivity contribution in [2.24, 2.45) is 23.0 Å². The Kier molecular flexibility index (Phi) is 6.93. The first-order chi connectivity index (χ1) is 15.6. The molecule has 1 aliphatic heterocycles. The molecule has 0 spiro atoms. The molecule has 2 aliphatic rings. The summed E-state index contributed by atoms with van der Waals surface area (Å²) in [6.07, 6.45) is 7.15. The number of hydrogen-bond acceptors (Lipinski definition) is 10. The highest BCUT2D eigenvalue weighted by Crippen LogP contribution is 2.50. The first-order valence-corrected chi connectivity index (χ1v) is 11.0. The SMILES string of the molecule is COCc1noc(N2CCC(C3CC3CCOc3ncc(N(C=N)N=N)cc3C)CC2)n1. The van der Waals surface area contributed by atoms with E-state index in [1.54, 1.807) is 13.3 Å². The van der Waals surface area contributed by atoms with Gasteiger partial charge in [-0.1, -0.05) is 10.4 Å². The molecular weight excluding hydrogens is 412 g/mol. The van der Waals surface area contributed by atoms with Crippen molar-refractivity contribution in [1.82, 2.24) is 15.1 Å². The Balaban J connectivity index is 1.18. The summed E-state index contributed by atoms with van der Waals surface area (Å²) in [7, 11) is 1.62. The number of ether oxygens (including phenoxy) is 2. The second kappa shape index (κ2) is 10.0. The van der Waals surface area contributed by atoms with Gasteiger partial charge >= 0.3 is 6.01 Å². The van der Waals surface area contributed by atoms with Gasteiger partial charge in [0.25, 0.3) is 0 Å². The summed E-state index contributed by atoms with van der Waals surface area (Å²) in [5.41, 5.74) is 8.53. The third-order valence-electron chi connectivity index (χ3n) is 6.36. The number of piperidine rings is 1. The average Bonchev–Trinajstić information content (AvgIpc) is 3.43. The molecule has 2 aromatic rings. The lowest BCUT2D eigenvalue weighted by Gasteiger charge is -2.30. The van der Waals surface area contributed by atoms with E-state index in [1.807, 2.05) is 13.0 Å². The van der Waals surface area contributed by atoms with Crippen LogP contribution in [-0.4, -0.2) is 48.3 Å². The molecular formula is C21H30N8O3. The van der Waals surface area contributed by atoms with Gasteiger partial charge in [0.2, 0.25) is 5.88 Å². The quantitative estimate of drug-likeness (QED) is 0.233. The van der Waals surface area contributed by atoms with E-state index >= 15 is 0 Å². The molecule has 1 saturated heterocycles. The largest absolute Gasteiger partial charge is 0.477 e. The smallest absolute Gasteiger partial charge is 0.324 e. The molecule has 172 valence electrons. The fourth-order valence-electron chi connectivity index (χ4n) is 4.55. The van der Waals surface area contributed by atoms with Gasteiger partial charge in [0, 0.05) is 25.8 Å². The van der Waals surface area contributed by atoms with Crippen LogP contribution >= 0.6 is 0 Å². The van der Waals surface area contributed by atoms with E-state index in [0.29, 0.717) is 36.6 Å². The molecule has 2 aromatic heterocycles. The third-order valence-corrected chi connectivity index (χ3v) is 6.36. The van der Waals surface area contributed by atoms with E-state index in [4.69, 9.17) is 24.9 Å². The molecule has 0 aromatic carbocycles. The van der Waals surface area contributed by atoms with E-state index in [0.717, 1.165) is 67.0 Å². The van der Waals surface area contributed by atoms with E-state index < -0.39 is 0 Å². The third kappa shape index (κ3) is 5.04.